The van der Waals surface area contributed by atoms with E-state index in [1.54, 1.807) is 0 Å². The Balaban J connectivity index is 1.86. The van der Waals surface area contributed by atoms with Crippen molar-refractivity contribution in [2.75, 3.05) is 6.61 Å². The summed E-state index contributed by atoms with van der Waals surface area (Å²) in [7, 11) is 0. The second kappa shape index (κ2) is 5.59. The molecule has 1 saturated carbocycles. The number of hydrogen-bond donors (Lipinski definition) is 0. The molecule has 0 aromatic heterocycles. The van der Waals surface area contributed by atoms with E-state index >= 15 is 0 Å². The zero-order chi connectivity index (χ0) is 7.94. The van der Waals surface area contributed by atoms with Crippen molar-refractivity contribution in [1.29, 1.82) is 0 Å². The average molecular weight is 155 g/mol. The van der Waals surface area contributed by atoms with Gasteiger partial charge in [-0.2, -0.15) is 0 Å². The second-order valence-corrected chi connectivity index (χ2v) is 3.70. The van der Waals surface area contributed by atoms with Gasteiger partial charge < -0.3 is 0 Å². The van der Waals surface area contributed by atoms with Crippen molar-refractivity contribution in [3.8, 4) is 0 Å². The summed E-state index contributed by atoms with van der Waals surface area (Å²) in [4.78, 5) is 0. The molecular formula is C10H19O. The largest absolute Gasteiger partial charge is 0.237 e. The molecule has 1 aliphatic rings. The topological polar surface area (TPSA) is 19.9 Å². The van der Waals surface area contributed by atoms with Gasteiger partial charge in [0.05, 0.1) is 6.61 Å². The first kappa shape index (κ1) is 9.05. The third-order valence-electron chi connectivity index (χ3n) is 2.73. The quantitative estimate of drug-likeness (QED) is 0.543. The van der Waals surface area contributed by atoms with Gasteiger partial charge in [-0.1, -0.05) is 44.9 Å². The number of hydrogen-bond acceptors (Lipinski definition) is 0. The first-order valence-electron chi connectivity index (χ1n) is 5.01. The van der Waals surface area contributed by atoms with Gasteiger partial charge in [-0.3, -0.25) is 0 Å². The Labute approximate surface area is 69.8 Å². The molecule has 0 amide bonds. The molecule has 1 fully saturated rings. The van der Waals surface area contributed by atoms with E-state index in [1.165, 1.54) is 44.9 Å². The van der Waals surface area contributed by atoms with E-state index in [0.717, 1.165) is 12.3 Å². The van der Waals surface area contributed by atoms with Crippen LogP contribution in [0.2, 0.25) is 0 Å². The highest BCUT2D eigenvalue weighted by molar-refractivity contribution is 4.66. The third-order valence-corrected chi connectivity index (χ3v) is 2.73. The van der Waals surface area contributed by atoms with Crippen molar-refractivity contribution in [3.05, 3.63) is 0 Å². The second-order valence-electron chi connectivity index (χ2n) is 3.70. The molecule has 1 nitrogen and oxygen atoms in total. The minimum absolute atomic E-state index is 0.130. The highest BCUT2D eigenvalue weighted by Crippen LogP contribution is 2.28. The molecule has 0 N–H and O–H groups in total. The van der Waals surface area contributed by atoms with E-state index in [1.807, 2.05) is 0 Å². The molecule has 1 radical (unpaired) electrons. The fourth-order valence-corrected chi connectivity index (χ4v) is 2.01. The Morgan fingerprint density at radius 1 is 1.00 bits per heavy atom. The van der Waals surface area contributed by atoms with Crippen LogP contribution >= 0.6 is 0 Å². The monoisotopic (exact) mass is 155 g/mol. The summed E-state index contributed by atoms with van der Waals surface area (Å²) in [6.07, 6.45) is 10.6. The molecule has 0 aliphatic heterocycles. The molecule has 0 aromatic carbocycles. The van der Waals surface area contributed by atoms with Crippen LogP contribution in [0.25, 0.3) is 0 Å². The van der Waals surface area contributed by atoms with E-state index in [-0.39, 0.29) is 6.61 Å². The van der Waals surface area contributed by atoms with Crippen molar-refractivity contribution in [2.45, 2.75) is 51.4 Å². The van der Waals surface area contributed by atoms with E-state index in [4.69, 9.17) is 0 Å². The molecule has 1 rings (SSSR count). The van der Waals surface area contributed by atoms with Gasteiger partial charge in [0.2, 0.25) is 0 Å². The predicted molar refractivity (Wildman–Crippen MR) is 46.0 cm³/mol. The molecule has 0 aromatic rings. The number of unbranched alkanes of at least 4 members (excludes halogenated alkanes) is 2. The summed E-state index contributed by atoms with van der Waals surface area (Å²) < 4.78 is 0. The fraction of sp³-hybridized carbons (Fsp3) is 1.00. The summed E-state index contributed by atoms with van der Waals surface area (Å²) in [5.41, 5.74) is 0. The molecule has 0 atom stereocenters. The maximum atomic E-state index is 10.1. The Kier molecular flexibility index (Phi) is 4.60. The predicted octanol–water partition coefficient (Wildman–Crippen LogP) is 3.17. The lowest BCUT2D eigenvalue weighted by atomic mass is 10.0. The molecule has 0 heterocycles. The molecular weight excluding hydrogens is 136 g/mol. The Hall–Kier alpha value is -0.0400. The molecule has 65 valence electrons. The van der Waals surface area contributed by atoms with Gasteiger partial charge in [-0.25, -0.2) is 5.11 Å². The summed E-state index contributed by atoms with van der Waals surface area (Å²) in [5.74, 6) is 1.02. The van der Waals surface area contributed by atoms with E-state index in [0.29, 0.717) is 0 Å². The molecule has 0 bridgehead atoms. The van der Waals surface area contributed by atoms with Gasteiger partial charge in [0.1, 0.15) is 0 Å². The van der Waals surface area contributed by atoms with Crippen LogP contribution in [0.3, 0.4) is 0 Å². The van der Waals surface area contributed by atoms with Crippen LogP contribution in [-0.2, 0) is 5.11 Å². The maximum absolute atomic E-state index is 10.1. The van der Waals surface area contributed by atoms with Crippen LogP contribution in [0.4, 0.5) is 0 Å². The van der Waals surface area contributed by atoms with Crippen LogP contribution in [-0.4, -0.2) is 6.61 Å². The Morgan fingerprint density at radius 2 is 1.73 bits per heavy atom. The zero-order valence-electron chi connectivity index (χ0n) is 7.35. The summed E-state index contributed by atoms with van der Waals surface area (Å²) in [6, 6.07) is 0. The summed E-state index contributed by atoms with van der Waals surface area (Å²) >= 11 is 0. The fourth-order valence-electron chi connectivity index (χ4n) is 2.01. The Bertz CT molecular complexity index is 84.9. The van der Waals surface area contributed by atoms with Crippen LogP contribution < -0.4 is 0 Å². The zero-order valence-corrected chi connectivity index (χ0v) is 7.35. The lowest BCUT2D eigenvalue weighted by Crippen LogP contribution is -1.93. The average Bonchev–Trinajstić information content (AvgIpc) is 2.50. The normalized spacial score (nSPS) is 19.4. The van der Waals surface area contributed by atoms with E-state index in [9.17, 15) is 5.11 Å². The molecule has 0 saturated heterocycles. The first-order valence-corrected chi connectivity index (χ1v) is 5.01. The number of rotatable bonds is 5. The molecule has 0 spiro atoms. The van der Waals surface area contributed by atoms with Crippen molar-refractivity contribution in [1.82, 2.24) is 0 Å². The first-order chi connectivity index (χ1) is 5.43. The van der Waals surface area contributed by atoms with Gasteiger partial charge in [0.15, 0.2) is 0 Å². The molecule has 11 heavy (non-hydrogen) atoms. The summed E-state index contributed by atoms with van der Waals surface area (Å²) in [6.45, 7) is 0.130. The van der Waals surface area contributed by atoms with Crippen LogP contribution in [0, 0.1) is 5.92 Å². The standard InChI is InChI=1S/C10H19O/c11-9-5-1-2-6-10-7-3-4-8-10/h10H,1-9H2. The van der Waals surface area contributed by atoms with Gasteiger partial charge >= 0.3 is 0 Å². The molecule has 1 aliphatic carbocycles. The molecule has 0 unspecified atom stereocenters. The molecule has 1 heteroatoms. The van der Waals surface area contributed by atoms with Crippen LogP contribution in [0.1, 0.15) is 51.4 Å². The van der Waals surface area contributed by atoms with Gasteiger partial charge in [0.25, 0.3) is 0 Å². The van der Waals surface area contributed by atoms with Gasteiger partial charge in [-0.15, -0.1) is 0 Å². The van der Waals surface area contributed by atoms with Crippen LogP contribution in [0.15, 0.2) is 0 Å². The van der Waals surface area contributed by atoms with E-state index in [2.05, 4.69) is 0 Å². The highest BCUT2D eigenvalue weighted by Gasteiger charge is 2.13. The third kappa shape index (κ3) is 3.76. The highest BCUT2D eigenvalue weighted by atomic mass is 16.2. The van der Waals surface area contributed by atoms with Gasteiger partial charge in [0, 0.05) is 0 Å². The van der Waals surface area contributed by atoms with Crippen molar-refractivity contribution in [3.63, 3.8) is 0 Å². The van der Waals surface area contributed by atoms with Crippen molar-refractivity contribution < 1.29 is 5.11 Å². The SMILES string of the molecule is [O]CCCCCC1CCCC1. The van der Waals surface area contributed by atoms with E-state index < -0.39 is 0 Å². The smallest absolute Gasteiger partial charge is 0.0822 e. The Morgan fingerprint density at radius 3 is 2.36 bits per heavy atom. The minimum Gasteiger partial charge on any atom is -0.237 e. The van der Waals surface area contributed by atoms with Crippen molar-refractivity contribution >= 4 is 0 Å². The lowest BCUT2D eigenvalue weighted by molar-refractivity contribution is 0.185. The minimum atomic E-state index is 0.130. The maximum Gasteiger partial charge on any atom is 0.0822 e. The van der Waals surface area contributed by atoms with Gasteiger partial charge in [-0.05, 0) is 12.3 Å². The van der Waals surface area contributed by atoms with Crippen LogP contribution in [0.5, 0.6) is 0 Å². The summed E-state index contributed by atoms with van der Waals surface area (Å²) in [5, 5.41) is 10.1. The lowest BCUT2D eigenvalue weighted by Gasteiger charge is -2.06. The van der Waals surface area contributed by atoms with Crippen molar-refractivity contribution in [2.24, 2.45) is 5.92 Å².